The van der Waals surface area contributed by atoms with Gasteiger partial charge in [-0.15, -0.1) is 0 Å². The number of benzene rings is 2. The normalized spacial score (nSPS) is 14.4. The minimum atomic E-state index is -4.87. The van der Waals surface area contributed by atoms with Crippen LogP contribution in [0.15, 0.2) is 48.5 Å². The van der Waals surface area contributed by atoms with Gasteiger partial charge in [-0.1, -0.05) is 36.4 Å². The summed E-state index contributed by atoms with van der Waals surface area (Å²) in [4.78, 5) is 11.6. The lowest BCUT2D eigenvalue weighted by Gasteiger charge is -2.26. The third-order valence-electron chi connectivity index (χ3n) is 3.24. The van der Waals surface area contributed by atoms with Crippen LogP contribution >= 0.6 is 0 Å². The second-order valence-corrected chi connectivity index (χ2v) is 4.63. The fraction of sp³-hybridized carbons (Fsp3) is 0.133. The minimum Gasteiger partial charge on any atom is -0.372 e. The van der Waals surface area contributed by atoms with Crippen LogP contribution < -0.4 is 5.73 Å². The van der Waals surface area contributed by atoms with Crippen LogP contribution in [-0.2, 0) is 16.6 Å². The third-order valence-corrected chi connectivity index (χ3v) is 3.24. The first-order chi connectivity index (χ1) is 10.2. The molecule has 1 atom stereocenters. The quantitative estimate of drug-likeness (QED) is 0.856. The van der Waals surface area contributed by atoms with Gasteiger partial charge in [-0.2, -0.15) is 13.2 Å². The Morgan fingerprint density at radius 2 is 1.59 bits per heavy atom. The molecule has 1 unspecified atom stereocenters. The SMILES string of the molecule is NC(=O)C(O)(c1ccccc1)c1ccc(C(F)(F)F)c(F)c1. The highest BCUT2D eigenvalue weighted by Crippen LogP contribution is 2.35. The number of carbonyl (C=O) groups excluding carboxylic acids is 1. The van der Waals surface area contributed by atoms with E-state index in [0.29, 0.717) is 12.1 Å². The standard InChI is InChI=1S/C15H11F4NO2/c16-12-8-10(6-7-11(12)15(17,18)19)14(22,13(20)21)9-4-2-1-3-5-9/h1-8,22H,(H2,20,21). The van der Waals surface area contributed by atoms with E-state index in [4.69, 9.17) is 5.73 Å². The number of halogens is 4. The van der Waals surface area contributed by atoms with Crippen molar-refractivity contribution in [2.24, 2.45) is 5.73 Å². The van der Waals surface area contributed by atoms with Crippen molar-refractivity contribution in [2.75, 3.05) is 0 Å². The lowest BCUT2D eigenvalue weighted by Crippen LogP contribution is -2.42. The van der Waals surface area contributed by atoms with Crippen LogP contribution in [0.25, 0.3) is 0 Å². The molecule has 0 saturated heterocycles. The average molecular weight is 313 g/mol. The Labute approximate surface area is 123 Å². The van der Waals surface area contributed by atoms with Crippen molar-refractivity contribution in [1.29, 1.82) is 0 Å². The molecule has 3 N–H and O–H groups in total. The second kappa shape index (κ2) is 5.42. The number of amides is 1. The maximum atomic E-state index is 13.7. The molecule has 0 fully saturated rings. The molecule has 0 spiro atoms. The third kappa shape index (κ3) is 2.67. The van der Waals surface area contributed by atoms with Crippen LogP contribution in [-0.4, -0.2) is 11.0 Å². The monoisotopic (exact) mass is 313 g/mol. The fourth-order valence-corrected chi connectivity index (χ4v) is 2.10. The van der Waals surface area contributed by atoms with Gasteiger partial charge in [0, 0.05) is 5.56 Å². The van der Waals surface area contributed by atoms with E-state index in [1.54, 1.807) is 6.07 Å². The van der Waals surface area contributed by atoms with Gasteiger partial charge in [0.15, 0.2) is 5.60 Å². The van der Waals surface area contributed by atoms with Gasteiger partial charge in [0.2, 0.25) is 0 Å². The first kappa shape index (κ1) is 16.0. The number of rotatable bonds is 3. The van der Waals surface area contributed by atoms with Gasteiger partial charge >= 0.3 is 6.18 Å². The topological polar surface area (TPSA) is 63.3 Å². The lowest BCUT2D eigenvalue weighted by atomic mass is 9.85. The summed E-state index contributed by atoms with van der Waals surface area (Å²) in [6.45, 7) is 0. The van der Waals surface area contributed by atoms with E-state index < -0.39 is 29.1 Å². The van der Waals surface area contributed by atoms with Crippen molar-refractivity contribution in [3.05, 3.63) is 71.0 Å². The zero-order chi connectivity index (χ0) is 16.5. The van der Waals surface area contributed by atoms with Crippen LogP contribution in [0.5, 0.6) is 0 Å². The predicted molar refractivity (Wildman–Crippen MR) is 70.0 cm³/mol. The van der Waals surface area contributed by atoms with E-state index in [9.17, 15) is 27.5 Å². The minimum absolute atomic E-state index is 0.0293. The van der Waals surface area contributed by atoms with E-state index in [1.807, 2.05) is 0 Å². The largest absolute Gasteiger partial charge is 0.419 e. The van der Waals surface area contributed by atoms with Crippen molar-refractivity contribution in [3.63, 3.8) is 0 Å². The molecule has 116 valence electrons. The molecule has 2 rings (SSSR count). The molecule has 3 nitrogen and oxygen atoms in total. The number of aliphatic hydroxyl groups is 1. The van der Waals surface area contributed by atoms with E-state index in [0.717, 1.165) is 6.07 Å². The van der Waals surface area contributed by atoms with E-state index in [1.165, 1.54) is 24.3 Å². The van der Waals surface area contributed by atoms with Crippen molar-refractivity contribution in [2.45, 2.75) is 11.8 Å². The summed E-state index contributed by atoms with van der Waals surface area (Å²) < 4.78 is 51.4. The second-order valence-electron chi connectivity index (χ2n) is 4.63. The van der Waals surface area contributed by atoms with Crippen LogP contribution in [0.3, 0.4) is 0 Å². The van der Waals surface area contributed by atoms with E-state index in [-0.39, 0.29) is 11.1 Å². The van der Waals surface area contributed by atoms with Gasteiger partial charge in [-0.3, -0.25) is 4.79 Å². The summed E-state index contributed by atoms with van der Waals surface area (Å²) in [7, 11) is 0. The lowest BCUT2D eigenvalue weighted by molar-refractivity contribution is -0.140. The first-order valence-electron chi connectivity index (χ1n) is 6.12. The Morgan fingerprint density at radius 3 is 2.05 bits per heavy atom. The van der Waals surface area contributed by atoms with Gasteiger partial charge in [0.05, 0.1) is 5.56 Å². The number of nitrogens with two attached hydrogens (primary N) is 1. The predicted octanol–water partition coefficient (Wildman–Crippen LogP) is 2.57. The van der Waals surface area contributed by atoms with Crippen LogP contribution in [0.1, 0.15) is 16.7 Å². The Morgan fingerprint density at radius 1 is 1.00 bits per heavy atom. The Kier molecular flexibility index (Phi) is 3.93. The summed E-state index contributed by atoms with van der Waals surface area (Å²) in [5.41, 5.74) is 0.913. The zero-order valence-corrected chi connectivity index (χ0v) is 11.1. The van der Waals surface area contributed by atoms with Gasteiger partial charge in [0.1, 0.15) is 5.82 Å². The Bertz CT molecular complexity index is 700. The Hall–Kier alpha value is -2.41. The first-order valence-corrected chi connectivity index (χ1v) is 6.12. The molecule has 0 aliphatic carbocycles. The molecule has 0 bridgehead atoms. The summed E-state index contributed by atoms with van der Waals surface area (Å²) in [6, 6.07) is 9.08. The van der Waals surface area contributed by atoms with Crippen molar-refractivity contribution < 1.29 is 27.5 Å². The summed E-state index contributed by atoms with van der Waals surface area (Å²) >= 11 is 0. The molecule has 22 heavy (non-hydrogen) atoms. The summed E-state index contributed by atoms with van der Waals surface area (Å²) in [5.74, 6) is -2.82. The molecule has 0 radical (unpaired) electrons. The molecule has 0 aromatic heterocycles. The number of primary amides is 1. The molecular formula is C15H11F4NO2. The van der Waals surface area contributed by atoms with Crippen LogP contribution in [0, 0.1) is 5.82 Å². The number of hydrogen-bond acceptors (Lipinski definition) is 2. The molecular weight excluding hydrogens is 302 g/mol. The summed E-state index contributed by atoms with van der Waals surface area (Å²) in [6.07, 6.45) is -4.87. The Balaban J connectivity index is 2.61. The summed E-state index contributed by atoms with van der Waals surface area (Å²) in [5, 5.41) is 10.5. The maximum absolute atomic E-state index is 13.7. The molecule has 0 aliphatic heterocycles. The maximum Gasteiger partial charge on any atom is 0.419 e. The molecule has 2 aromatic rings. The van der Waals surface area contributed by atoms with Gasteiger partial charge in [0.25, 0.3) is 5.91 Å². The molecule has 0 aliphatic rings. The fourth-order valence-electron chi connectivity index (χ4n) is 2.10. The van der Waals surface area contributed by atoms with Crippen molar-refractivity contribution >= 4 is 5.91 Å². The van der Waals surface area contributed by atoms with E-state index in [2.05, 4.69) is 0 Å². The highest BCUT2D eigenvalue weighted by molar-refractivity contribution is 5.88. The molecule has 1 amide bonds. The highest BCUT2D eigenvalue weighted by Gasteiger charge is 2.40. The van der Waals surface area contributed by atoms with Crippen LogP contribution in [0.2, 0.25) is 0 Å². The highest BCUT2D eigenvalue weighted by atomic mass is 19.4. The van der Waals surface area contributed by atoms with Gasteiger partial charge < -0.3 is 10.8 Å². The van der Waals surface area contributed by atoms with Crippen molar-refractivity contribution in [3.8, 4) is 0 Å². The van der Waals surface area contributed by atoms with Crippen LogP contribution in [0.4, 0.5) is 17.6 Å². The zero-order valence-electron chi connectivity index (χ0n) is 11.1. The smallest absolute Gasteiger partial charge is 0.372 e. The van der Waals surface area contributed by atoms with Gasteiger partial charge in [-0.25, -0.2) is 4.39 Å². The van der Waals surface area contributed by atoms with Crippen molar-refractivity contribution in [1.82, 2.24) is 0 Å². The molecule has 7 heteroatoms. The number of carbonyl (C=O) groups is 1. The van der Waals surface area contributed by atoms with E-state index >= 15 is 0 Å². The number of alkyl halides is 3. The van der Waals surface area contributed by atoms with Gasteiger partial charge in [-0.05, 0) is 17.7 Å². The molecule has 0 heterocycles. The molecule has 2 aromatic carbocycles. The number of hydrogen-bond donors (Lipinski definition) is 2. The molecule has 0 saturated carbocycles. The average Bonchev–Trinajstić information content (AvgIpc) is 2.45.